The van der Waals surface area contributed by atoms with Gasteiger partial charge in [0.1, 0.15) is 0 Å². The predicted molar refractivity (Wildman–Crippen MR) is 86.9 cm³/mol. The van der Waals surface area contributed by atoms with Crippen LogP contribution in [0.25, 0.3) is 0 Å². The van der Waals surface area contributed by atoms with Crippen molar-refractivity contribution in [2.45, 2.75) is 36.7 Å². The number of nitrogens with zero attached hydrogens (tertiary/aromatic N) is 1. The minimum absolute atomic E-state index is 0.179. The second kappa shape index (κ2) is 5.95. The van der Waals surface area contributed by atoms with Crippen molar-refractivity contribution in [3.8, 4) is 0 Å². The van der Waals surface area contributed by atoms with Gasteiger partial charge in [-0.1, -0.05) is 23.2 Å². The van der Waals surface area contributed by atoms with Crippen LogP contribution >= 0.6 is 23.2 Å². The van der Waals surface area contributed by atoms with E-state index in [0.717, 1.165) is 25.7 Å². The molecule has 122 valence electrons. The number of hydrogen-bond donors (Lipinski definition) is 0. The van der Waals surface area contributed by atoms with Crippen LogP contribution in [-0.2, 0) is 14.8 Å². The molecule has 1 saturated carbocycles. The highest BCUT2D eigenvalue weighted by Crippen LogP contribution is 2.51. The molecule has 7 heteroatoms. The van der Waals surface area contributed by atoms with Gasteiger partial charge in [0.05, 0.1) is 21.0 Å². The first-order valence-electron chi connectivity index (χ1n) is 7.37. The van der Waals surface area contributed by atoms with Gasteiger partial charge in [-0.05, 0) is 49.3 Å². The molecule has 0 bridgehead atoms. The number of ether oxygens (including phenoxy) is 1. The van der Waals surface area contributed by atoms with Crippen LogP contribution in [-0.4, -0.2) is 39.0 Å². The van der Waals surface area contributed by atoms with Crippen molar-refractivity contribution >= 4 is 33.2 Å². The summed E-state index contributed by atoms with van der Waals surface area (Å²) in [6.45, 7) is 1.06. The van der Waals surface area contributed by atoms with Crippen molar-refractivity contribution in [1.82, 2.24) is 4.31 Å². The lowest BCUT2D eigenvalue weighted by molar-refractivity contribution is -0.113. The van der Waals surface area contributed by atoms with Gasteiger partial charge in [-0.25, -0.2) is 8.42 Å². The molecule has 0 radical (unpaired) electrons. The second-order valence-corrected chi connectivity index (χ2v) is 8.86. The van der Waals surface area contributed by atoms with Crippen molar-refractivity contribution in [2.75, 3.05) is 20.2 Å². The van der Waals surface area contributed by atoms with Crippen LogP contribution in [0.4, 0.5) is 0 Å². The summed E-state index contributed by atoms with van der Waals surface area (Å²) in [5, 5.41) is 0.616. The van der Waals surface area contributed by atoms with Crippen LogP contribution < -0.4 is 0 Å². The molecule has 0 aromatic heterocycles. The van der Waals surface area contributed by atoms with E-state index in [2.05, 4.69) is 0 Å². The van der Waals surface area contributed by atoms with Crippen LogP contribution in [0.15, 0.2) is 23.1 Å². The van der Waals surface area contributed by atoms with Gasteiger partial charge in [-0.3, -0.25) is 0 Å². The normalized spacial score (nSPS) is 25.1. The lowest BCUT2D eigenvalue weighted by Crippen LogP contribution is -2.53. The molecule has 2 aliphatic rings. The van der Waals surface area contributed by atoms with Gasteiger partial charge in [0.25, 0.3) is 0 Å². The maximum atomic E-state index is 12.7. The smallest absolute Gasteiger partial charge is 0.243 e. The maximum absolute atomic E-state index is 12.7. The number of halogens is 2. The monoisotopic (exact) mass is 363 g/mol. The molecule has 1 atom stereocenters. The van der Waals surface area contributed by atoms with E-state index in [1.165, 1.54) is 18.2 Å². The van der Waals surface area contributed by atoms with E-state index in [1.54, 1.807) is 11.4 Å². The molecule has 2 fully saturated rings. The van der Waals surface area contributed by atoms with Crippen LogP contribution in [0.1, 0.15) is 25.7 Å². The molecule has 0 unspecified atom stereocenters. The molecule has 1 aliphatic heterocycles. The topological polar surface area (TPSA) is 46.6 Å². The summed E-state index contributed by atoms with van der Waals surface area (Å²) >= 11 is 11.8. The van der Waals surface area contributed by atoms with E-state index in [0.29, 0.717) is 18.1 Å². The summed E-state index contributed by atoms with van der Waals surface area (Å²) in [7, 11) is -1.77. The molecule has 1 aromatic rings. The van der Waals surface area contributed by atoms with Gasteiger partial charge in [0, 0.05) is 20.2 Å². The molecule has 3 rings (SSSR count). The van der Waals surface area contributed by atoms with Gasteiger partial charge < -0.3 is 4.74 Å². The lowest BCUT2D eigenvalue weighted by Gasteiger charge is -2.52. The molecule has 1 saturated heterocycles. The number of methoxy groups -OCH3 is 1. The summed E-state index contributed by atoms with van der Waals surface area (Å²) in [5.41, 5.74) is 0.179. The lowest BCUT2D eigenvalue weighted by atomic mass is 9.61. The fourth-order valence-corrected chi connectivity index (χ4v) is 5.40. The average molecular weight is 364 g/mol. The Morgan fingerprint density at radius 3 is 2.36 bits per heavy atom. The molecular weight excluding hydrogens is 345 g/mol. The first kappa shape index (κ1) is 16.5. The van der Waals surface area contributed by atoms with Crippen molar-refractivity contribution < 1.29 is 13.2 Å². The minimum Gasteiger partial charge on any atom is -0.381 e. The predicted octanol–water partition coefficient (Wildman–Crippen LogP) is 3.57. The van der Waals surface area contributed by atoms with Crippen LogP contribution in [0.5, 0.6) is 0 Å². The SMILES string of the molecule is CO[C@H]1CCC12CCN(S(=O)(=O)c1ccc(Cl)c(Cl)c1)CC2. The largest absolute Gasteiger partial charge is 0.381 e. The van der Waals surface area contributed by atoms with E-state index in [1.807, 2.05) is 0 Å². The average Bonchev–Trinajstić information content (AvgIpc) is 2.49. The molecule has 22 heavy (non-hydrogen) atoms. The highest BCUT2D eigenvalue weighted by molar-refractivity contribution is 7.89. The van der Waals surface area contributed by atoms with E-state index in [-0.39, 0.29) is 21.4 Å². The number of piperidine rings is 1. The summed E-state index contributed by atoms with van der Waals surface area (Å²) < 4.78 is 32.5. The van der Waals surface area contributed by atoms with Gasteiger partial charge in [0.15, 0.2) is 0 Å². The van der Waals surface area contributed by atoms with Gasteiger partial charge >= 0.3 is 0 Å². The molecule has 0 N–H and O–H groups in total. The number of sulfonamides is 1. The van der Waals surface area contributed by atoms with Crippen molar-refractivity contribution in [3.63, 3.8) is 0 Å². The number of benzene rings is 1. The Hall–Kier alpha value is -0.330. The van der Waals surface area contributed by atoms with Gasteiger partial charge in [0.2, 0.25) is 10.0 Å². The highest BCUT2D eigenvalue weighted by atomic mass is 35.5. The Labute approximate surface area is 141 Å². The third-order valence-corrected chi connectivity index (χ3v) is 7.75. The fourth-order valence-electron chi connectivity index (χ4n) is 3.57. The Bertz CT molecular complexity index is 667. The summed E-state index contributed by atoms with van der Waals surface area (Å²) in [6.07, 6.45) is 4.20. The van der Waals surface area contributed by atoms with Crippen LogP contribution in [0.3, 0.4) is 0 Å². The molecule has 1 heterocycles. The third-order valence-electron chi connectivity index (χ3n) is 5.12. The zero-order valence-electron chi connectivity index (χ0n) is 12.4. The van der Waals surface area contributed by atoms with E-state index in [9.17, 15) is 8.42 Å². The van der Waals surface area contributed by atoms with Crippen LogP contribution in [0, 0.1) is 5.41 Å². The van der Waals surface area contributed by atoms with Crippen molar-refractivity contribution in [3.05, 3.63) is 28.2 Å². The molecule has 4 nitrogen and oxygen atoms in total. The first-order valence-corrected chi connectivity index (χ1v) is 9.57. The van der Waals surface area contributed by atoms with Crippen molar-refractivity contribution in [1.29, 1.82) is 0 Å². The zero-order chi connectivity index (χ0) is 16.0. The first-order chi connectivity index (χ1) is 10.4. The fraction of sp³-hybridized carbons (Fsp3) is 0.600. The van der Waals surface area contributed by atoms with E-state index < -0.39 is 10.0 Å². The zero-order valence-corrected chi connectivity index (χ0v) is 14.7. The molecule has 1 spiro atoms. The van der Waals surface area contributed by atoms with Crippen LogP contribution in [0.2, 0.25) is 10.0 Å². The molecule has 1 aromatic carbocycles. The molecular formula is C15H19Cl2NO3S. The minimum atomic E-state index is -3.51. The maximum Gasteiger partial charge on any atom is 0.243 e. The molecule has 0 amide bonds. The van der Waals surface area contributed by atoms with Gasteiger partial charge in [-0.15, -0.1) is 0 Å². The summed E-state index contributed by atoms with van der Waals surface area (Å²) in [6, 6.07) is 4.45. The Kier molecular flexibility index (Phi) is 4.47. The highest BCUT2D eigenvalue weighted by Gasteiger charge is 2.49. The number of rotatable bonds is 3. The Balaban J connectivity index is 1.76. The quantitative estimate of drug-likeness (QED) is 0.824. The summed E-state index contributed by atoms with van der Waals surface area (Å²) in [4.78, 5) is 0.203. The van der Waals surface area contributed by atoms with E-state index in [4.69, 9.17) is 27.9 Å². The van der Waals surface area contributed by atoms with Crippen molar-refractivity contribution in [2.24, 2.45) is 5.41 Å². The molecule has 1 aliphatic carbocycles. The summed E-state index contributed by atoms with van der Waals surface area (Å²) in [5.74, 6) is 0. The number of hydrogen-bond acceptors (Lipinski definition) is 3. The van der Waals surface area contributed by atoms with E-state index >= 15 is 0 Å². The third kappa shape index (κ3) is 2.67. The Morgan fingerprint density at radius 2 is 1.86 bits per heavy atom. The standard InChI is InChI=1S/C15H19Cl2NO3S/c1-21-14-4-5-15(14)6-8-18(9-7-15)22(19,20)11-2-3-12(16)13(17)10-11/h2-3,10,14H,4-9H2,1H3/t14-/m0/s1. The Morgan fingerprint density at radius 1 is 1.18 bits per heavy atom. The van der Waals surface area contributed by atoms with Gasteiger partial charge in [-0.2, -0.15) is 4.31 Å². The second-order valence-electron chi connectivity index (χ2n) is 6.11.